The standard InChI is InChI=1S/C37H37N5O2/c43-35-36(18-20-38-27-36)19-21-41(35)31-16-17-33-32(26-31)34(40-22-24-44-25-23-40)39-42(33)37(28-10-4-1-5-11-28,29-12-6-2-7-13-29)30-14-8-3-9-15-30/h1-17,26,38H,18-25,27H2. The molecule has 1 atom stereocenters. The molecule has 44 heavy (non-hydrogen) atoms. The van der Waals surface area contributed by atoms with Crippen molar-refractivity contribution in [2.75, 3.05) is 55.7 Å². The second kappa shape index (κ2) is 10.9. The Hall–Kier alpha value is -4.46. The second-order valence-corrected chi connectivity index (χ2v) is 12.3. The van der Waals surface area contributed by atoms with Crippen molar-refractivity contribution < 1.29 is 9.53 Å². The first-order valence-electron chi connectivity index (χ1n) is 15.8. The molecule has 1 amide bonds. The van der Waals surface area contributed by atoms with Crippen LogP contribution in [0.5, 0.6) is 0 Å². The van der Waals surface area contributed by atoms with E-state index in [-0.39, 0.29) is 11.3 Å². The molecule has 3 aliphatic heterocycles. The topological polar surface area (TPSA) is 62.6 Å². The van der Waals surface area contributed by atoms with Gasteiger partial charge in [0, 0.05) is 37.3 Å². The largest absolute Gasteiger partial charge is 0.378 e. The number of amides is 1. The third-order valence-corrected chi connectivity index (χ3v) is 9.92. The average molecular weight is 584 g/mol. The van der Waals surface area contributed by atoms with Crippen LogP contribution in [0.3, 0.4) is 0 Å². The maximum absolute atomic E-state index is 13.8. The molecular formula is C37H37N5O2. The van der Waals surface area contributed by atoms with Crippen molar-refractivity contribution in [2.24, 2.45) is 5.41 Å². The molecule has 4 aromatic carbocycles. The van der Waals surface area contributed by atoms with Gasteiger partial charge in [-0.3, -0.25) is 4.79 Å². The zero-order valence-electron chi connectivity index (χ0n) is 24.9. The molecule has 0 aliphatic carbocycles. The minimum atomic E-state index is -0.739. The smallest absolute Gasteiger partial charge is 0.234 e. The van der Waals surface area contributed by atoms with Gasteiger partial charge < -0.3 is 19.9 Å². The highest BCUT2D eigenvalue weighted by Crippen LogP contribution is 2.45. The molecule has 1 unspecified atom stereocenters. The van der Waals surface area contributed by atoms with Crippen LogP contribution < -0.4 is 15.1 Å². The number of anilines is 2. The Bertz CT molecular complexity index is 1680. The van der Waals surface area contributed by atoms with E-state index in [1.54, 1.807) is 0 Å². The highest BCUT2D eigenvalue weighted by Gasteiger charge is 2.49. The van der Waals surface area contributed by atoms with Gasteiger partial charge in [0.2, 0.25) is 5.91 Å². The zero-order valence-corrected chi connectivity index (χ0v) is 24.9. The molecule has 222 valence electrons. The van der Waals surface area contributed by atoms with Crippen molar-refractivity contribution in [3.8, 4) is 0 Å². The lowest BCUT2D eigenvalue weighted by molar-refractivity contribution is -0.124. The molecule has 8 rings (SSSR count). The van der Waals surface area contributed by atoms with E-state index >= 15 is 0 Å². The SMILES string of the molecule is O=C1N(c2ccc3c(c2)c(N2CCOCC2)nn3C(c2ccccc2)(c2ccccc2)c2ccccc2)CCC12CCNC2. The summed E-state index contributed by atoms with van der Waals surface area (Å²) in [5, 5.41) is 10.0. The highest BCUT2D eigenvalue weighted by molar-refractivity contribution is 6.03. The van der Waals surface area contributed by atoms with Crippen LogP contribution in [0.4, 0.5) is 11.5 Å². The number of hydrogen-bond donors (Lipinski definition) is 1. The van der Waals surface area contributed by atoms with Gasteiger partial charge in [0.05, 0.1) is 24.1 Å². The van der Waals surface area contributed by atoms with E-state index < -0.39 is 5.54 Å². The Balaban J connectivity index is 1.39. The van der Waals surface area contributed by atoms with Crippen molar-refractivity contribution in [1.82, 2.24) is 15.1 Å². The fraction of sp³-hybridized carbons (Fsp3) is 0.297. The number of aromatic nitrogens is 2. The van der Waals surface area contributed by atoms with E-state index in [0.29, 0.717) is 13.2 Å². The molecule has 0 bridgehead atoms. The second-order valence-electron chi connectivity index (χ2n) is 12.3. The number of carbonyl (C=O) groups is 1. The predicted octanol–water partition coefficient (Wildman–Crippen LogP) is 5.43. The normalized spacial score (nSPS) is 20.7. The molecule has 7 heteroatoms. The fourth-order valence-electron chi connectivity index (χ4n) is 7.63. The molecule has 7 nitrogen and oxygen atoms in total. The Morgan fingerprint density at radius 2 is 1.36 bits per heavy atom. The summed E-state index contributed by atoms with van der Waals surface area (Å²) in [6.07, 6.45) is 1.81. The maximum Gasteiger partial charge on any atom is 0.234 e. The van der Waals surface area contributed by atoms with Crippen molar-refractivity contribution in [1.29, 1.82) is 0 Å². The van der Waals surface area contributed by atoms with Crippen molar-refractivity contribution in [2.45, 2.75) is 18.4 Å². The van der Waals surface area contributed by atoms with E-state index in [2.05, 4.69) is 124 Å². The summed E-state index contributed by atoms with van der Waals surface area (Å²) < 4.78 is 7.98. The maximum atomic E-state index is 13.8. The lowest BCUT2D eigenvalue weighted by atomic mass is 9.77. The summed E-state index contributed by atoms with van der Waals surface area (Å²) in [6.45, 7) is 5.29. The summed E-state index contributed by atoms with van der Waals surface area (Å²) in [6, 6.07) is 38.6. The molecular weight excluding hydrogens is 546 g/mol. The van der Waals surface area contributed by atoms with Gasteiger partial charge in [0.1, 0.15) is 5.54 Å². The summed E-state index contributed by atoms with van der Waals surface area (Å²) in [5.74, 6) is 1.18. The third kappa shape index (κ3) is 4.18. The van der Waals surface area contributed by atoms with E-state index in [1.165, 1.54) is 0 Å². The summed E-state index contributed by atoms with van der Waals surface area (Å²) >= 11 is 0. The molecule has 3 aliphatic rings. The van der Waals surface area contributed by atoms with E-state index in [4.69, 9.17) is 9.84 Å². The van der Waals surface area contributed by atoms with E-state index in [9.17, 15) is 4.79 Å². The first-order chi connectivity index (χ1) is 21.7. The molecule has 3 fully saturated rings. The average Bonchev–Trinajstić information content (AvgIpc) is 3.82. The van der Waals surface area contributed by atoms with Crippen molar-refractivity contribution in [3.63, 3.8) is 0 Å². The van der Waals surface area contributed by atoms with Crippen LogP contribution in [0.2, 0.25) is 0 Å². The van der Waals surface area contributed by atoms with Gasteiger partial charge in [-0.25, -0.2) is 4.68 Å². The number of benzene rings is 4. The third-order valence-electron chi connectivity index (χ3n) is 9.92. The van der Waals surface area contributed by atoms with Gasteiger partial charge in [-0.15, -0.1) is 0 Å². The van der Waals surface area contributed by atoms with Crippen LogP contribution in [-0.4, -0.2) is 61.6 Å². The van der Waals surface area contributed by atoms with Gasteiger partial charge in [-0.1, -0.05) is 91.0 Å². The van der Waals surface area contributed by atoms with Crippen LogP contribution in [-0.2, 0) is 15.1 Å². The monoisotopic (exact) mass is 583 g/mol. The van der Waals surface area contributed by atoms with E-state index in [1.807, 2.05) is 4.90 Å². The molecule has 1 N–H and O–H groups in total. The van der Waals surface area contributed by atoms with Crippen LogP contribution in [0, 0.1) is 5.41 Å². The van der Waals surface area contributed by atoms with Gasteiger partial charge in [-0.2, -0.15) is 5.10 Å². The number of carbonyl (C=O) groups excluding carboxylic acids is 1. The van der Waals surface area contributed by atoms with Crippen LogP contribution in [0.25, 0.3) is 10.9 Å². The number of nitrogens with zero attached hydrogens (tertiary/aromatic N) is 4. The molecule has 3 saturated heterocycles. The lowest BCUT2D eigenvalue weighted by Crippen LogP contribution is -2.40. The zero-order chi connectivity index (χ0) is 29.6. The van der Waals surface area contributed by atoms with Gasteiger partial charge in [-0.05, 0) is 54.3 Å². The fourth-order valence-corrected chi connectivity index (χ4v) is 7.63. The molecule has 4 heterocycles. The first-order valence-corrected chi connectivity index (χ1v) is 15.8. The number of nitrogens with one attached hydrogen (secondary N) is 1. The molecule has 1 aromatic heterocycles. The van der Waals surface area contributed by atoms with Crippen LogP contribution >= 0.6 is 0 Å². The van der Waals surface area contributed by atoms with Gasteiger partial charge >= 0.3 is 0 Å². The Morgan fingerprint density at radius 1 is 0.750 bits per heavy atom. The quantitative estimate of drug-likeness (QED) is 0.270. The summed E-state index contributed by atoms with van der Waals surface area (Å²) in [4.78, 5) is 18.2. The summed E-state index contributed by atoms with van der Waals surface area (Å²) in [7, 11) is 0. The minimum absolute atomic E-state index is 0.245. The lowest BCUT2D eigenvalue weighted by Gasteiger charge is -2.37. The molecule has 5 aromatic rings. The van der Waals surface area contributed by atoms with Gasteiger partial charge in [0.25, 0.3) is 0 Å². The molecule has 0 saturated carbocycles. The van der Waals surface area contributed by atoms with Crippen LogP contribution in [0.15, 0.2) is 109 Å². The summed E-state index contributed by atoms with van der Waals surface area (Å²) in [5.41, 5.74) is 4.35. The van der Waals surface area contributed by atoms with Crippen LogP contribution in [0.1, 0.15) is 29.5 Å². The predicted molar refractivity (Wildman–Crippen MR) is 174 cm³/mol. The Morgan fingerprint density at radius 3 is 1.93 bits per heavy atom. The number of morpholine rings is 1. The van der Waals surface area contributed by atoms with E-state index in [0.717, 1.165) is 84.7 Å². The number of hydrogen-bond acceptors (Lipinski definition) is 5. The number of fused-ring (bicyclic) bond motifs is 1. The highest BCUT2D eigenvalue weighted by atomic mass is 16.5. The minimum Gasteiger partial charge on any atom is -0.378 e. The number of rotatable bonds is 6. The molecule has 0 radical (unpaired) electrons. The van der Waals surface area contributed by atoms with Gasteiger partial charge in [0.15, 0.2) is 5.82 Å². The van der Waals surface area contributed by atoms with Crippen molar-refractivity contribution >= 4 is 28.3 Å². The first kappa shape index (κ1) is 27.1. The number of ether oxygens (including phenoxy) is 1. The van der Waals surface area contributed by atoms with Crippen molar-refractivity contribution in [3.05, 3.63) is 126 Å². The molecule has 1 spiro atoms. The Kier molecular flexibility index (Phi) is 6.73. The Labute approximate surface area is 258 Å².